The van der Waals surface area contributed by atoms with Gasteiger partial charge in [0.15, 0.2) is 5.82 Å². The van der Waals surface area contributed by atoms with Crippen molar-refractivity contribution in [3.8, 4) is 0 Å². The maximum atomic E-state index is 12.6. The van der Waals surface area contributed by atoms with E-state index in [1.165, 1.54) is 10.9 Å². The first-order valence-corrected chi connectivity index (χ1v) is 8.29. The van der Waals surface area contributed by atoms with Crippen LogP contribution in [-0.4, -0.2) is 48.2 Å². The molecule has 0 fully saturated rings. The zero-order chi connectivity index (χ0) is 16.0. The third-order valence-electron chi connectivity index (χ3n) is 2.78. The first-order chi connectivity index (χ1) is 9.86. The molecule has 0 amide bonds. The molecule has 0 aliphatic carbocycles. The highest BCUT2D eigenvalue weighted by Crippen LogP contribution is 2.21. The topological polar surface area (TPSA) is 108 Å². The molecule has 0 atom stereocenters. The van der Waals surface area contributed by atoms with Crippen molar-refractivity contribution in [2.24, 2.45) is 0 Å². The predicted molar refractivity (Wildman–Crippen MR) is 78.0 cm³/mol. The molecule has 120 valence electrons. The lowest BCUT2D eigenvalue weighted by atomic mass is 10.5. The van der Waals surface area contributed by atoms with Gasteiger partial charge in [-0.1, -0.05) is 6.92 Å². The van der Waals surface area contributed by atoms with Gasteiger partial charge in [0.1, 0.15) is 11.4 Å². The summed E-state index contributed by atoms with van der Waals surface area (Å²) >= 11 is 0. The van der Waals surface area contributed by atoms with E-state index < -0.39 is 16.0 Å². The summed E-state index contributed by atoms with van der Waals surface area (Å²) in [4.78, 5) is 11.5. The molecule has 0 aliphatic heterocycles. The molecule has 0 aliphatic rings. The number of hydrogen-bond acceptors (Lipinski definition) is 6. The Kier molecular flexibility index (Phi) is 6.16. The zero-order valence-corrected chi connectivity index (χ0v) is 13.4. The molecule has 0 aromatic carbocycles. The number of anilines is 1. The minimum atomic E-state index is -3.87. The first-order valence-electron chi connectivity index (χ1n) is 6.85. The van der Waals surface area contributed by atoms with Crippen LogP contribution in [0.5, 0.6) is 0 Å². The van der Waals surface area contributed by atoms with Crippen LogP contribution in [-0.2, 0) is 26.1 Å². The molecule has 0 radical (unpaired) electrons. The number of hydrogen-bond donors (Lipinski definition) is 1. The van der Waals surface area contributed by atoms with Crippen LogP contribution in [0.4, 0.5) is 5.82 Å². The summed E-state index contributed by atoms with van der Waals surface area (Å²) in [5.41, 5.74) is 5.67. The number of carbonyl (C=O) groups is 1. The maximum absolute atomic E-state index is 12.6. The summed E-state index contributed by atoms with van der Waals surface area (Å²) in [7, 11) is -3.87. The molecule has 0 unspecified atom stereocenters. The Morgan fingerprint density at radius 3 is 2.57 bits per heavy atom. The van der Waals surface area contributed by atoms with Gasteiger partial charge in [0.25, 0.3) is 0 Å². The Morgan fingerprint density at radius 1 is 1.43 bits per heavy atom. The van der Waals surface area contributed by atoms with E-state index in [1.54, 1.807) is 6.92 Å². The van der Waals surface area contributed by atoms with E-state index in [0.717, 1.165) is 4.31 Å². The largest absolute Gasteiger partial charge is 0.465 e. The number of sulfonamides is 1. The van der Waals surface area contributed by atoms with E-state index >= 15 is 0 Å². The Hall–Kier alpha value is -1.61. The highest BCUT2D eigenvalue weighted by molar-refractivity contribution is 7.89. The molecule has 1 rings (SSSR count). The second-order valence-corrected chi connectivity index (χ2v) is 6.28. The third-order valence-corrected chi connectivity index (χ3v) is 4.64. The van der Waals surface area contributed by atoms with E-state index in [1.807, 2.05) is 13.8 Å². The number of ether oxygens (including phenoxy) is 1. The molecule has 21 heavy (non-hydrogen) atoms. The minimum Gasteiger partial charge on any atom is -0.465 e. The smallest absolute Gasteiger partial charge is 0.321 e. The molecular weight excluding hydrogens is 296 g/mol. The van der Waals surface area contributed by atoms with Gasteiger partial charge in [-0.15, -0.1) is 0 Å². The van der Waals surface area contributed by atoms with Crippen molar-refractivity contribution in [1.82, 2.24) is 14.1 Å². The molecule has 9 heteroatoms. The van der Waals surface area contributed by atoms with Gasteiger partial charge in [-0.05, 0) is 20.3 Å². The highest BCUT2D eigenvalue weighted by Gasteiger charge is 2.30. The van der Waals surface area contributed by atoms with Gasteiger partial charge < -0.3 is 10.5 Å². The van der Waals surface area contributed by atoms with E-state index in [2.05, 4.69) is 5.10 Å². The van der Waals surface area contributed by atoms with Crippen LogP contribution in [0.15, 0.2) is 11.1 Å². The Labute approximate surface area is 124 Å². The van der Waals surface area contributed by atoms with E-state index in [-0.39, 0.29) is 30.4 Å². The summed E-state index contributed by atoms with van der Waals surface area (Å²) in [5, 5.41) is 3.93. The molecule has 0 saturated carbocycles. The number of carbonyl (C=O) groups excluding carboxylic acids is 1. The molecule has 0 bridgehead atoms. The molecular formula is C12H22N4O4S. The Bertz CT molecular complexity index is 582. The second kappa shape index (κ2) is 7.41. The van der Waals surface area contributed by atoms with Crippen LogP contribution < -0.4 is 5.73 Å². The Balaban J connectivity index is 3.09. The summed E-state index contributed by atoms with van der Waals surface area (Å²) in [6, 6.07) is 0. The van der Waals surface area contributed by atoms with Crippen molar-refractivity contribution in [3.05, 3.63) is 6.20 Å². The van der Waals surface area contributed by atoms with Gasteiger partial charge in [0.2, 0.25) is 10.0 Å². The van der Waals surface area contributed by atoms with Gasteiger partial charge in [-0.3, -0.25) is 9.48 Å². The van der Waals surface area contributed by atoms with Crippen molar-refractivity contribution in [3.63, 3.8) is 0 Å². The molecule has 1 heterocycles. The first kappa shape index (κ1) is 17.4. The summed E-state index contributed by atoms with van der Waals surface area (Å²) in [6.45, 7) is 5.90. The fourth-order valence-corrected chi connectivity index (χ4v) is 3.34. The lowest BCUT2D eigenvalue weighted by Crippen LogP contribution is -2.37. The number of nitrogens with zero attached hydrogens (tertiary/aromatic N) is 3. The van der Waals surface area contributed by atoms with Crippen molar-refractivity contribution in [1.29, 1.82) is 0 Å². The van der Waals surface area contributed by atoms with Gasteiger partial charge >= 0.3 is 5.97 Å². The fourth-order valence-electron chi connectivity index (χ4n) is 1.80. The SMILES string of the molecule is CCCN(CC(=O)OCC)S(=O)(=O)c1cn(CC)nc1N. The van der Waals surface area contributed by atoms with E-state index in [0.29, 0.717) is 13.0 Å². The zero-order valence-electron chi connectivity index (χ0n) is 12.6. The molecule has 8 nitrogen and oxygen atoms in total. The highest BCUT2D eigenvalue weighted by atomic mass is 32.2. The quantitative estimate of drug-likeness (QED) is 0.697. The van der Waals surface area contributed by atoms with Crippen LogP contribution in [0.3, 0.4) is 0 Å². The molecule has 1 aromatic rings. The lowest BCUT2D eigenvalue weighted by molar-refractivity contribution is -0.143. The van der Waals surface area contributed by atoms with Crippen molar-refractivity contribution < 1.29 is 17.9 Å². The summed E-state index contributed by atoms with van der Waals surface area (Å²) in [6.07, 6.45) is 1.94. The number of nitrogen functional groups attached to an aromatic ring is 1. The third kappa shape index (κ3) is 4.18. The normalized spacial score (nSPS) is 11.8. The standard InChI is InChI=1S/C12H22N4O4S/c1-4-7-16(9-11(17)20-6-3)21(18,19)10-8-15(5-2)14-12(10)13/h8H,4-7,9H2,1-3H3,(H2,13,14). The Morgan fingerprint density at radius 2 is 2.10 bits per heavy atom. The average molecular weight is 318 g/mol. The average Bonchev–Trinajstić information content (AvgIpc) is 2.80. The lowest BCUT2D eigenvalue weighted by Gasteiger charge is -2.19. The summed E-state index contributed by atoms with van der Waals surface area (Å²) in [5.74, 6) is -0.655. The van der Waals surface area contributed by atoms with Crippen molar-refractivity contribution >= 4 is 21.8 Å². The van der Waals surface area contributed by atoms with Gasteiger partial charge in [0.05, 0.1) is 6.61 Å². The van der Waals surface area contributed by atoms with Gasteiger partial charge in [-0.2, -0.15) is 9.40 Å². The van der Waals surface area contributed by atoms with Crippen LogP contribution >= 0.6 is 0 Å². The number of nitrogens with two attached hydrogens (primary N) is 1. The predicted octanol–water partition coefficient (Wildman–Crippen LogP) is 0.449. The number of aromatic nitrogens is 2. The molecule has 2 N–H and O–H groups in total. The van der Waals surface area contributed by atoms with Gasteiger partial charge in [0, 0.05) is 19.3 Å². The summed E-state index contributed by atoms with van der Waals surface area (Å²) < 4.78 is 32.5. The van der Waals surface area contributed by atoms with E-state index in [9.17, 15) is 13.2 Å². The second-order valence-electron chi connectivity index (χ2n) is 4.38. The van der Waals surface area contributed by atoms with Crippen LogP contribution in [0.25, 0.3) is 0 Å². The van der Waals surface area contributed by atoms with Crippen molar-refractivity contribution in [2.45, 2.75) is 38.6 Å². The van der Waals surface area contributed by atoms with Crippen LogP contribution in [0.1, 0.15) is 27.2 Å². The van der Waals surface area contributed by atoms with Crippen LogP contribution in [0, 0.1) is 0 Å². The van der Waals surface area contributed by atoms with Crippen molar-refractivity contribution in [2.75, 3.05) is 25.4 Å². The van der Waals surface area contributed by atoms with E-state index in [4.69, 9.17) is 10.5 Å². The van der Waals surface area contributed by atoms with Gasteiger partial charge in [-0.25, -0.2) is 8.42 Å². The maximum Gasteiger partial charge on any atom is 0.321 e. The fraction of sp³-hybridized carbons (Fsp3) is 0.667. The molecule has 1 aromatic heterocycles. The van der Waals surface area contributed by atoms with Crippen LogP contribution in [0.2, 0.25) is 0 Å². The minimum absolute atomic E-state index is 0.0678. The number of aryl methyl sites for hydroxylation is 1. The number of rotatable bonds is 8. The molecule has 0 saturated heterocycles. The number of esters is 1. The monoisotopic (exact) mass is 318 g/mol. The molecule has 0 spiro atoms.